The van der Waals surface area contributed by atoms with Gasteiger partial charge >= 0.3 is 0 Å². The van der Waals surface area contributed by atoms with E-state index in [9.17, 15) is 0 Å². The van der Waals surface area contributed by atoms with Crippen molar-refractivity contribution in [3.8, 4) is 0 Å². The van der Waals surface area contributed by atoms with Crippen LogP contribution in [0.1, 0.15) is 58.3 Å². The fourth-order valence-electron chi connectivity index (χ4n) is 4.94. The molecule has 2 nitrogen and oxygen atoms in total. The molecule has 0 radical (unpaired) electrons. The van der Waals surface area contributed by atoms with Crippen LogP contribution in [0.5, 0.6) is 0 Å². The summed E-state index contributed by atoms with van der Waals surface area (Å²) in [4.78, 5) is 0. The van der Waals surface area contributed by atoms with E-state index in [0.717, 1.165) is 17.8 Å². The van der Waals surface area contributed by atoms with Crippen LogP contribution in [0.2, 0.25) is 0 Å². The van der Waals surface area contributed by atoms with Crippen molar-refractivity contribution in [2.75, 3.05) is 7.11 Å². The van der Waals surface area contributed by atoms with E-state index in [1.807, 2.05) is 7.11 Å². The molecule has 3 aliphatic carbocycles. The van der Waals surface area contributed by atoms with Gasteiger partial charge in [0.15, 0.2) is 0 Å². The molecule has 3 saturated carbocycles. The molecule has 0 aliphatic heterocycles. The van der Waals surface area contributed by atoms with Gasteiger partial charge in [0.05, 0.1) is 6.10 Å². The highest BCUT2D eigenvalue weighted by Crippen LogP contribution is 2.49. The van der Waals surface area contributed by atoms with E-state index in [1.165, 1.54) is 51.4 Å². The minimum Gasteiger partial charge on any atom is -0.380 e. The Morgan fingerprint density at radius 1 is 1.06 bits per heavy atom. The van der Waals surface area contributed by atoms with E-state index in [2.05, 4.69) is 12.2 Å². The van der Waals surface area contributed by atoms with Crippen molar-refractivity contribution in [1.29, 1.82) is 0 Å². The number of methoxy groups -OCH3 is 1. The number of ether oxygens (including phenoxy) is 1. The largest absolute Gasteiger partial charge is 0.380 e. The van der Waals surface area contributed by atoms with Gasteiger partial charge in [-0.1, -0.05) is 19.3 Å². The lowest BCUT2D eigenvalue weighted by Crippen LogP contribution is -2.49. The molecule has 0 aromatic carbocycles. The minimum absolute atomic E-state index is 0.458. The van der Waals surface area contributed by atoms with E-state index >= 15 is 0 Å². The van der Waals surface area contributed by atoms with Gasteiger partial charge in [0, 0.05) is 19.2 Å². The molecular weight excluding hydrogens is 222 g/mol. The highest BCUT2D eigenvalue weighted by Gasteiger charge is 2.42. The number of hydrogen-bond donors (Lipinski definition) is 1. The van der Waals surface area contributed by atoms with Crippen LogP contribution in [-0.2, 0) is 4.74 Å². The van der Waals surface area contributed by atoms with Crippen LogP contribution in [0.15, 0.2) is 0 Å². The number of nitrogens with one attached hydrogen (secondary N) is 1. The maximum Gasteiger partial charge on any atom is 0.0724 e. The van der Waals surface area contributed by atoms with E-state index in [-0.39, 0.29) is 0 Å². The fraction of sp³-hybridized carbons (Fsp3) is 1.00. The van der Waals surface area contributed by atoms with Crippen molar-refractivity contribution in [2.45, 2.75) is 76.5 Å². The summed E-state index contributed by atoms with van der Waals surface area (Å²) in [5.74, 6) is 3.04. The third-order valence-corrected chi connectivity index (χ3v) is 5.92. The second-order valence-electron chi connectivity index (χ2n) is 6.96. The van der Waals surface area contributed by atoms with Crippen LogP contribution in [-0.4, -0.2) is 25.3 Å². The summed E-state index contributed by atoms with van der Waals surface area (Å²) >= 11 is 0. The van der Waals surface area contributed by atoms with E-state index in [4.69, 9.17) is 4.74 Å². The molecule has 3 rings (SSSR count). The lowest BCUT2D eigenvalue weighted by molar-refractivity contribution is 0.0337. The predicted molar refractivity (Wildman–Crippen MR) is 74.6 cm³/mol. The van der Waals surface area contributed by atoms with Crippen LogP contribution < -0.4 is 5.32 Å². The zero-order valence-corrected chi connectivity index (χ0v) is 12.0. The fourth-order valence-corrected chi connectivity index (χ4v) is 4.94. The number of rotatable bonds is 4. The molecule has 6 atom stereocenters. The van der Waals surface area contributed by atoms with Crippen molar-refractivity contribution in [2.24, 2.45) is 17.8 Å². The molecule has 104 valence electrons. The monoisotopic (exact) mass is 251 g/mol. The summed E-state index contributed by atoms with van der Waals surface area (Å²) in [7, 11) is 1.88. The zero-order chi connectivity index (χ0) is 12.5. The van der Waals surface area contributed by atoms with Gasteiger partial charge in [0.1, 0.15) is 0 Å². The van der Waals surface area contributed by atoms with Crippen LogP contribution in [0, 0.1) is 17.8 Å². The molecule has 18 heavy (non-hydrogen) atoms. The average molecular weight is 251 g/mol. The van der Waals surface area contributed by atoms with Gasteiger partial charge in [-0.15, -0.1) is 0 Å². The first-order chi connectivity index (χ1) is 8.78. The molecule has 0 amide bonds. The standard InChI is InChI=1S/C16H29NO/c1-11(14-10-12-7-8-13(14)9-12)17-15-5-3-4-6-16(15)18-2/h11-17H,3-10H2,1-2H3. The first-order valence-electron chi connectivity index (χ1n) is 8.06. The molecule has 3 aliphatic rings. The number of fused-ring (bicyclic) bond motifs is 2. The predicted octanol–water partition coefficient (Wildman–Crippen LogP) is 3.36. The Bertz CT molecular complexity index is 280. The topological polar surface area (TPSA) is 21.3 Å². The van der Waals surface area contributed by atoms with Crippen molar-refractivity contribution < 1.29 is 4.74 Å². The van der Waals surface area contributed by atoms with Crippen molar-refractivity contribution in [3.05, 3.63) is 0 Å². The Morgan fingerprint density at radius 2 is 1.89 bits per heavy atom. The average Bonchev–Trinajstić information content (AvgIpc) is 3.01. The Hall–Kier alpha value is -0.0800. The SMILES string of the molecule is COC1CCCCC1NC(C)C1CC2CCC1C2. The number of hydrogen-bond acceptors (Lipinski definition) is 2. The third kappa shape index (κ3) is 2.46. The molecule has 0 aromatic heterocycles. The molecular formula is C16H29NO. The molecule has 6 unspecified atom stereocenters. The molecule has 1 N–H and O–H groups in total. The normalized spacial score (nSPS) is 45.3. The van der Waals surface area contributed by atoms with Crippen LogP contribution in [0.4, 0.5) is 0 Å². The van der Waals surface area contributed by atoms with E-state index in [0.29, 0.717) is 18.2 Å². The Kier molecular flexibility index (Phi) is 3.95. The molecule has 0 saturated heterocycles. The quantitative estimate of drug-likeness (QED) is 0.827. The maximum absolute atomic E-state index is 5.67. The van der Waals surface area contributed by atoms with Gasteiger partial charge in [-0.25, -0.2) is 0 Å². The first kappa shape index (κ1) is 12.9. The first-order valence-corrected chi connectivity index (χ1v) is 8.06. The molecule has 3 fully saturated rings. The summed E-state index contributed by atoms with van der Waals surface area (Å²) in [6.07, 6.45) is 11.8. The maximum atomic E-state index is 5.67. The Labute approximate surface area is 112 Å². The van der Waals surface area contributed by atoms with Gasteiger partial charge in [0.2, 0.25) is 0 Å². The van der Waals surface area contributed by atoms with Crippen molar-refractivity contribution in [3.63, 3.8) is 0 Å². The van der Waals surface area contributed by atoms with Gasteiger partial charge in [-0.3, -0.25) is 0 Å². The van der Waals surface area contributed by atoms with Gasteiger partial charge < -0.3 is 10.1 Å². The minimum atomic E-state index is 0.458. The van der Waals surface area contributed by atoms with Crippen molar-refractivity contribution >= 4 is 0 Å². The molecule has 0 aromatic rings. The summed E-state index contributed by atoms with van der Waals surface area (Å²) in [5.41, 5.74) is 0. The summed E-state index contributed by atoms with van der Waals surface area (Å²) in [5, 5.41) is 3.92. The smallest absolute Gasteiger partial charge is 0.0724 e. The zero-order valence-electron chi connectivity index (χ0n) is 12.0. The Balaban J connectivity index is 1.55. The second kappa shape index (κ2) is 5.50. The molecule has 2 heteroatoms. The molecule has 2 bridgehead atoms. The van der Waals surface area contributed by atoms with Crippen LogP contribution in [0.25, 0.3) is 0 Å². The van der Waals surface area contributed by atoms with Crippen LogP contribution >= 0.6 is 0 Å². The van der Waals surface area contributed by atoms with Gasteiger partial charge in [0.25, 0.3) is 0 Å². The molecule has 0 spiro atoms. The van der Waals surface area contributed by atoms with Gasteiger partial charge in [-0.2, -0.15) is 0 Å². The Morgan fingerprint density at radius 3 is 2.56 bits per heavy atom. The van der Waals surface area contributed by atoms with Crippen LogP contribution in [0.3, 0.4) is 0 Å². The van der Waals surface area contributed by atoms with E-state index in [1.54, 1.807) is 0 Å². The van der Waals surface area contributed by atoms with Crippen molar-refractivity contribution in [1.82, 2.24) is 5.32 Å². The summed E-state index contributed by atoms with van der Waals surface area (Å²) in [6, 6.07) is 1.30. The lowest BCUT2D eigenvalue weighted by atomic mass is 9.82. The third-order valence-electron chi connectivity index (χ3n) is 5.92. The van der Waals surface area contributed by atoms with Gasteiger partial charge in [-0.05, 0) is 56.8 Å². The second-order valence-corrected chi connectivity index (χ2v) is 6.96. The summed E-state index contributed by atoms with van der Waals surface area (Å²) in [6.45, 7) is 2.42. The lowest BCUT2D eigenvalue weighted by Gasteiger charge is -2.37. The van der Waals surface area contributed by atoms with E-state index < -0.39 is 0 Å². The summed E-state index contributed by atoms with van der Waals surface area (Å²) < 4.78 is 5.67. The molecule has 0 heterocycles. The highest BCUT2D eigenvalue weighted by molar-refractivity contribution is 4.95. The highest BCUT2D eigenvalue weighted by atomic mass is 16.5.